The Balaban J connectivity index is 1.95. The van der Waals surface area contributed by atoms with Crippen LogP contribution >= 0.6 is 11.3 Å². The number of hydrogen-bond acceptors (Lipinski definition) is 4. The molecule has 6 heteroatoms. The molecule has 0 unspecified atom stereocenters. The fourth-order valence-electron chi connectivity index (χ4n) is 2.37. The smallest absolute Gasteiger partial charge is 0.339 e. The van der Waals surface area contributed by atoms with E-state index in [4.69, 9.17) is 4.42 Å². The number of aryl methyl sites for hydroxylation is 1. The minimum Gasteiger partial charge on any atom is -0.478 e. The van der Waals surface area contributed by atoms with Crippen LogP contribution in [0.1, 0.15) is 33.4 Å². The fourth-order valence-corrected chi connectivity index (χ4v) is 3.32. The minimum atomic E-state index is -1.08. The number of amides is 1. The molecule has 5 nitrogen and oxygen atoms in total. The molecule has 0 atom stereocenters. The summed E-state index contributed by atoms with van der Waals surface area (Å²) >= 11 is 1.18. The molecule has 0 bridgehead atoms. The molecule has 3 rings (SSSR count). The van der Waals surface area contributed by atoms with Crippen molar-refractivity contribution in [3.63, 3.8) is 0 Å². The summed E-state index contributed by atoms with van der Waals surface area (Å²) in [6, 6.07) is 10.9. The Labute approximate surface area is 142 Å². The van der Waals surface area contributed by atoms with Crippen LogP contribution in [0.5, 0.6) is 0 Å². The Kier molecular flexibility index (Phi) is 4.48. The molecular weight excluding hydrogens is 326 g/mol. The molecule has 0 fully saturated rings. The lowest BCUT2D eigenvalue weighted by Gasteiger charge is -2.05. The predicted octanol–water partition coefficient (Wildman–Crippen LogP) is 4.52. The Morgan fingerprint density at radius 1 is 1.21 bits per heavy atom. The molecule has 0 radical (unpaired) electrons. The predicted molar refractivity (Wildman–Crippen MR) is 92.8 cm³/mol. The van der Waals surface area contributed by atoms with Gasteiger partial charge < -0.3 is 14.8 Å². The summed E-state index contributed by atoms with van der Waals surface area (Å²) < 4.78 is 5.03. The van der Waals surface area contributed by atoms with Crippen LogP contribution in [0.2, 0.25) is 0 Å². The summed E-state index contributed by atoms with van der Waals surface area (Å²) in [7, 11) is 0. The average Bonchev–Trinajstić information content (AvgIpc) is 3.24. The number of rotatable bonds is 5. The second kappa shape index (κ2) is 6.72. The topological polar surface area (TPSA) is 79.5 Å². The van der Waals surface area contributed by atoms with Crippen molar-refractivity contribution in [2.24, 2.45) is 0 Å². The Bertz CT molecular complexity index is 863. The van der Waals surface area contributed by atoms with Crippen molar-refractivity contribution in [2.75, 3.05) is 5.32 Å². The normalized spacial score (nSPS) is 10.5. The number of benzene rings is 1. The van der Waals surface area contributed by atoms with Gasteiger partial charge in [0.25, 0.3) is 5.91 Å². The number of thiophene rings is 1. The van der Waals surface area contributed by atoms with Crippen LogP contribution in [0.25, 0.3) is 11.1 Å². The van der Waals surface area contributed by atoms with E-state index in [-0.39, 0.29) is 11.3 Å². The summed E-state index contributed by atoms with van der Waals surface area (Å²) in [4.78, 5) is 23.8. The highest BCUT2D eigenvalue weighted by Gasteiger charge is 2.22. The van der Waals surface area contributed by atoms with Crippen molar-refractivity contribution in [3.8, 4) is 11.1 Å². The van der Waals surface area contributed by atoms with E-state index in [1.807, 2.05) is 24.3 Å². The van der Waals surface area contributed by atoms with Crippen LogP contribution in [-0.2, 0) is 6.42 Å². The lowest BCUT2D eigenvalue weighted by molar-refractivity contribution is 0.0699. The Morgan fingerprint density at radius 2 is 1.96 bits per heavy atom. The standard InChI is InChI=1S/C18H15NO4S/c1-2-11-5-7-12(8-6-11)13-10-24-17(15(13)18(21)22)19-16(20)14-4-3-9-23-14/h3-10H,2H2,1H3,(H,19,20)(H,21,22). The van der Waals surface area contributed by atoms with Gasteiger partial charge in [0, 0.05) is 10.9 Å². The van der Waals surface area contributed by atoms with E-state index >= 15 is 0 Å². The number of nitrogens with one attached hydrogen (secondary N) is 1. The molecule has 0 aliphatic carbocycles. The Hall–Kier alpha value is -2.86. The molecule has 0 aliphatic rings. The van der Waals surface area contributed by atoms with Crippen molar-refractivity contribution >= 4 is 28.2 Å². The van der Waals surface area contributed by atoms with Gasteiger partial charge in [-0.15, -0.1) is 11.3 Å². The van der Waals surface area contributed by atoms with Crippen molar-refractivity contribution in [1.29, 1.82) is 0 Å². The maximum absolute atomic E-state index is 12.1. The number of aromatic carboxylic acids is 1. The summed E-state index contributed by atoms with van der Waals surface area (Å²) in [6.45, 7) is 2.06. The van der Waals surface area contributed by atoms with Gasteiger partial charge >= 0.3 is 5.97 Å². The highest BCUT2D eigenvalue weighted by Crippen LogP contribution is 2.36. The molecule has 1 aromatic carbocycles. The number of carbonyl (C=O) groups is 2. The van der Waals surface area contributed by atoms with E-state index in [9.17, 15) is 14.7 Å². The molecule has 3 aromatic rings. The maximum Gasteiger partial charge on any atom is 0.339 e. The quantitative estimate of drug-likeness (QED) is 0.715. The van der Waals surface area contributed by atoms with Crippen molar-refractivity contribution in [2.45, 2.75) is 13.3 Å². The number of carboxylic acids is 1. The van der Waals surface area contributed by atoms with E-state index in [2.05, 4.69) is 12.2 Å². The number of hydrogen-bond donors (Lipinski definition) is 2. The monoisotopic (exact) mass is 341 g/mol. The summed E-state index contributed by atoms with van der Waals surface area (Å²) in [6.07, 6.45) is 2.31. The highest BCUT2D eigenvalue weighted by atomic mass is 32.1. The molecule has 2 N–H and O–H groups in total. The van der Waals surface area contributed by atoms with Crippen molar-refractivity contribution < 1.29 is 19.1 Å². The van der Waals surface area contributed by atoms with Crippen LogP contribution in [0, 0.1) is 0 Å². The molecule has 2 heterocycles. The highest BCUT2D eigenvalue weighted by molar-refractivity contribution is 7.15. The molecule has 0 aliphatic heterocycles. The first-order valence-electron chi connectivity index (χ1n) is 7.39. The molecule has 2 aromatic heterocycles. The van der Waals surface area contributed by atoms with Gasteiger partial charge in [0.05, 0.1) is 6.26 Å². The van der Waals surface area contributed by atoms with Gasteiger partial charge in [-0.1, -0.05) is 31.2 Å². The third-order valence-corrected chi connectivity index (χ3v) is 4.55. The molecule has 0 saturated heterocycles. The largest absolute Gasteiger partial charge is 0.478 e. The van der Waals surface area contributed by atoms with Crippen LogP contribution in [0.15, 0.2) is 52.5 Å². The van der Waals surface area contributed by atoms with E-state index in [0.717, 1.165) is 12.0 Å². The van der Waals surface area contributed by atoms with Crippen molar-refractivity contribution in [3.05, 3.63) is 64.9 Å². The van der Waals surface area contributed by atoms with Gasteiger partial charge in [0.2, 0.25) is 0 Å². The molecular formula is C18H15NO4S. The summed E-state index contributed by atoms with van der Waals surface area (Å²) in [5, 5.41) is 14.2. The first kappa shape index (κ1) is 16.0. The second-order valence-electron chi connectivity index (χ2n) is 5.14. The van der Waals surface area contributed by atoms with Crippen LogP contribution in [0.4, 0.5) is 5.00 Å². The van der Waals surface area contributed by atoms with Crippen LogP contribution < -0.4 is 5.32 Å². The SMILES string of the molecule is CCc1ccc(-c2csc(NC(=O)c3ccco3)c2C(=O)O)cc1. The number of anilines is 1. The summed E-state index contributed by atoms with van der Waals surface area (Å²) in [5.74, 6) is -1.42. The number of carboxylic acid groups (broad SMARTS) is 1. The molecule has 1 amide bonds. The third kappa shape index (κ3) is 3.09. The number of carbonyl (C=O) groups excluding carboxylic acids is 1. The van der Waals surface area contributed by atoms with Gasteiger partial charge in [-0.05, 0) is 29.7 Å². The van der Waals surface area contributed by atoms with Crippen LogP contribution in [-0.4, -0.2) is 17.0 Å². The fraction of sp³-hybridized carbons (Fsp3) is 0.111. The minimum absolute atomic E-state index is 0.0872. The zero-order valence-electron chi connectivity index (χ0n) is 12.9. The third-order valence-electron chi connectivity index (χ3n) is 3.65. The summed E-state index contributed by atoms with van der Waals surface area (Å²) in [5.41, 5.74) is 2.66. The van der Waals surface area contributed by atoms with Crippen molar-refractivity contribution in [1.82, 2.24) is 0 Å². The van der Waals surface area contributed by atoms with Gasteiger partial charge in [-0.25, -0.2) is 4.79 Å². The van der Waals surface area contributed by atoms with E-state index in [1.165, 1.54) is 29.2 Å². The van der Waals surface area contributed by atoms with Gasteiger partial charge in [-0.3, -0.25) is 4.79 Å². The zero-order chi connectivity index (χ0) is 17.1. The molecule has 122 valence electrons. The molecule has 0 spiro atoms. The first-order valence-corrected chi connectivity index (χ1v) is 8.27. The maximum atomic E-state index is 12.1. The second-order valence-corrected chi connectivity index (χ2v) is 6.02. The van der Waals surface area contributed by atoms with E-state index in [0.29, 0.717) is 10.6 Å². The molecule has 0 saturated carbocycles. The van der Waals surface area contributed by atoms with Gasteiger partial charge in [0.1, 0.15) is 10.6 Å². The zero-order valence-corrected chi connectivity index (χ0v) is 13.7. The van der Waals surface area contributed by atoms with Gasteiger partial charge in [0.15, 0.2) is 5.76 Å². The van der Waals surface area contributed by atoms with Gasteiger partial charge in [-0.2, -0.15) is 0 Å². The number of furan rings is 1. The Morgan fingerprint density at radius 3 is 2.54 bits per heavy atom. The average molecular weight is 341 g/mol. The molecule has 24 heavy (non-hydrogen) atoms. The van der Waals surface area contributed by atoms with E-state index in [1.54, 1.807) is 11.4 Å². The van der Waals surface area contributed by atoms with E-state index < -0.39 is 11.9 Å². The lowest BCUT2D eigenvalue weighted by Crippen LogP contribution is -2.12. The van der Waals surface area contributed by atoms with Crippen LogP contribution in [0.3, 0.4) is 0 Å². The first-order chi connectivity index (χ1) is 11.6. The lowest BCUT2D eigenvalue weighted by atomic mass is 10.0.